The first-order valence-corrected chi connectivity index (χ1v) is 9.86. The van der Waals surface area contributed by atoms with E-state index in [2.05, 4.69) is 20.6 Å². The molecule has 1 aliphatic heterocycles. The molecule has 11 heteroatoms. The average Bonchev–Trinajstić information content (AvgIpc) is 3.35. The molecule has 0 saturated heterocycles. The van der Waals surface area contributed by atoms with Crippen LogP contribution in [0.1, 0.15) is 12.1 Å². The fourth-order valence-electron chi connectivity index (χ4n) is 2.73. The van der Waals surface area contributed by atoms with E-state index in [0.717, 1.165) is 6.20 Å². The highest BCUT2D eigenvalue weighted by Crippen LogP contribution is 2.34. The Balaban J connectivity index is 1.47. The summed E-state index contributed by atoms with van der Waals surface area (Å²) in [6.45, 7) is 0.149. The number of aromatic nitrogens is 5. The first-order valence-electron chi connectivity index (χ1n) is 8.54. The smallest absolute Gasteiger partial charge is 0.273 e. The maximum atomic E-state index is 14.6. The van der Waals surface area contributed by atoms with Crippen molar-refractivity contribution < 1.29 is 9.18 Å². The molecule has 1 aliphatic rings. The second-order valence-corrected chi connectivity index (χ2v) is 8.12. The number of hydrogen-bond acceptors (Lipinski definition) is 6. The molecule has 1 aromatic carbocycles. The third kappa shape index (κ3) is 4.22. The van der Waals surface area contributed by atoms with Gasteiger partial charge >= 0.3 is 0 Å². The van der Waals surface area contributed by atoms with Gasteiger partial charge in [0.15, 0.2) is 5.82 Å². The van der Waals surface area contributed by atoms with Gasteiger partial charge in [0, 0.05) is 18.5 Å². The van der Waals surface area contributed by atoms with Crippen LogP contribution >= 0.6 is 23.4 Å². The Morgan fingerprint density at radius 1 is 1.41 bits per heavy atom. The maximum absolute atomic E-state index is 14.6. The second-order valence-electron chi connectivity index (χ2n) is 6.09. The van der Waals surface area contributed by atoms with Gasteiger partial charge in [-0.05, 0) is 18.6 Å². The molecule has 148 valence electrons. The monoisotopic (exact) mass is 432 g/mol. The quantitative estimate of drug-likeness (QED) is 0.621. The molecule has 1 unspecified atom stereocenters. The molecule has 0 aliphatic carbocycles. The number of carbonyl (C=O) groups is 1. The minimum atomic E-state index is -0.577. The lowest BCUT2D eigenvalue weighted by molar-refractivity contribution is -0.117. The van der Waals surface area contributed by atoms with E-state index < -0.39 is 5.82 Å². The fraction of sp³-hybridized carbons (Fsp3) is 0.167. The van der Waals surface area contributed by atoms with Crippen LogP contribution in [0.4, 0.5) is 4.39 Å². The molecule has 1 atom stereocenters. The molecule has 1 N–H and O–H groups in total. The Bertz CT molecular complexity index is 1160. The summed E-state index contributed by atoms with van der Waals surface area (Å²) < 4.78 is 17.0. The summed E-state index contributed by atoms with van der Waals surface area (Å²) in [7, 11) is 0. The molecule has 0 fully saturated rings. The summed E-state index contributed by atoms with van der Waals surface area (Å²) in [5.74, 6) is -0.807. The van der Waals surface area contributed by atoms with Crippen LogP contribution in [0.25, 0.3) is 11.4 Å². The minimum Gasteiger partial charge on any atom is -0.346 e. The summed E-state index contributed by atoms with van der Waals surface area (Å²) >= 11 is 7.27. The van der Waals surface area contributed by atoms with E-state index in [-0.39, 0.29) is 28.4 Å². The van der Waals surface area contributed by atoms with Crippen LogP contribution in [0.3, 0.4) is 0 Å². The lowest BCUT2D eigenvalue weighted by atomic mass is 10.2. The number of alkyl halides is 1. The molecule has 3 heterocycles. The average molecular weight is 433 g/mol. The van der Waals surface area contributed by atoms with Gasteiger partial charge in [0.05, 0.1) is 34.2 Å². The summed E-state index contributed by atoms with van der Waals surface area (Å²) in [5, 5.41) is 10.6. The van der Waals surface area contributed by atoms with Gasteiger partial charge in [0.2, 0.25) is 0 Å². The molecule has 4 rings (SSSR count). The van der Waals surface area contributed by atoms with Crippen molar-refractivity contribution in [3.05, 3.63) is 75.8 Å². The van der Waals surface area contributed by atoms with E-state index in [9.17, 15) is 14.0 Å². The van der Waals surface area contributed by atoms with Gasteiger partial charge in [0.1, 0.15) is 11.4 Å². The standard InChI is InChI=1S/C18H14ClFN6O2S/c19-16-4-3-15(29-16)18(28)22-8-11-10-26(24-23-11)14-2-1-12(7-13(14)20)25-6-5-21-9-17(25)27/h1-3,5-7,9-10,16H,4,8H2,(H,22,28). The van der Waals surface area contributed by atoms with Gasteiger partial charge in [-0.1, -0.05) is 11.3 Å². The highest BCUT2D eigenvalue weighted by Gasteiger charge is 2.21. The van der Waals surface area contributed by atoms with E-state index in [1.165, 1.54) is 51.7 Å². The zero-order valence-corrected chi connectivity index (χ0v) is 16.4. The van der Waals surface area contributed by atoms with E-state index >= 15 is 0 Å². The Hall–Kier alpha value is -2.98. The van der Waals surface area contributed by atoms with Crippen molar-refractivity contribution in [1.29, 1.82) is 0 Å². The molecule has 8 nitrogen and oxygen atoms in total. The van der Waals surface area contributed by atoms with Gasteiger partial charge in [-0.2, -0.15) is 0 Å². The van der Waals surface area contributed by atoms with Crippen molar-refractivity contribution in [3.63, 3.8) is 0 Å². The highest BCUT2D eigenvalue weighted by molar-refractivity contribution is 8.05. The lowest BCUT2D eigenvalue weighted by Crippen LogP contribution is -2.23. The second kappa shape index (κ2) is 8.18. The van der Waals surface area contributed by atoms with E-state index in [4.69, 9.17) is 11.6 Å². The predicted molar refractivity (Wildman–Crippen MR) is 106 cm³/mol. The normalized spacial score (nSPS) is 15.9. The number of nitrogens with zero attached hydrogens (tertiary/aromatic N) is 5. The van der Waals surface area contributed by atoms with E-state index in [1.807, 2.05) is 0 Å². The van der Waals surface area contributed by atoms with E-state index in [1.54, 1.807) is 12.1 Å². The molecule has 29 heavy (non-hydrogen) atoms. The van der Waals surface area contributed by atoms with Gasteiger partial charge in [0.25, 0.3) is 11.5 Å². The highest BCUT2D eigenvalue weighted by atomic mass is 35.5. The Morgan fingerprint density at radius 3 is 3.00 bits per heavy atom. The predicted octanol–water partition coefficient (Wildman–Crippen LogP) is 2.15. The van der Waals surface area contributed by atoms with Crippen molar-refractivity contribution in [2.75, 3.05) is 0 Å². The van der Waals surface area contributed by atoms with Crippen LogP contribution in [0, 0.1) is 5.82 Å². The summed E-state index contributed by atoms with van der Waals surface area (Å²) in [6.07, 6.45) is 8.01. The Morgan fingerprint density at radius 2 is 2.28 bits per heavy atom. The van der Waals surface area contributed by atoms with Gasteiger partial charge in [-0.3, -0.25) is 19.1 Å². The zero-order chi connectivity index (χ0) is 20.4. The van der Waals surface area contributed by atoms with Gasteiger partial charge in [-0.25, -0.2) is 9.07 Å². The fourth-order valence-corrected chi connectivity index (χ4v) is 3.94. The number of rotatable bonds is 5. The van der Waals surface area contributed by atoms with Crippen LogP contribution < -0.4 is 10.9 Å². The molecule has 0 radical (unpaired) electrons. The number of carbonyl (C=O) groups excluding carboxylic acids is 1. The summed E-state index contributed by atoms with van der Waals surface area (Å²) in [5.41, 5.74) is 0.638. The minimum absolute atomic E-state index is 0.120. The van der Waals surface area contributed by atoms with Crippen molar-refractivity contribution in [1.82, 2.24) is 29.9 Å². The Labute approximate surface area is 173 Å². The van der Waals surface area contributed by atoms with Crippen LogP contribution in [-0.4, -0.2) is 35.2 Å². The molecule has 3 aromatic rings. The molecule has 2 aromatic heterocycles. The van der Waals surface area contributed by atoms with Crippen LogP contribution in [0.2, 0.25) is 0 Å². The largest absolute Gasteiger partial charge is 0.346 e. The lowest BCUT2D eigenvalue weighted by Gasteiger charge is -2.07. The number of benzene rings is 1. The van der Waals surface area contributed by atoms with Crippen molar-refractivity contribution in [3.8, 4) is 11.4 Å². The number of amides is 1. The molecule has 0 bridgehead atoms. The van der Waals surface area contributed by atoms with Crippen LogP contribution in [0.15, 0.2) is 58.8 Å². The molecule has 0 spiro atoms. The van der Waals surface area contributed by atoms with Crippen molar-refractivity contribution in [2.24, 2.45) is 0 Å². The van der Waals surface area contributed by atoms with E-state index in [0.29, 0.717) is 22.7 Å². The van der Waals surface area contributed by atoms with Gasteiger partial charge < -0.3 is 5.32 Å². The SMILES string of the molecule is O=C(NCc1cn(-c2ccc(-n3ccncc3=O)cc2F)nn1)C1=CCC(Cl)S1. The molecule has 0 saturated carbocycles. The third-order valence-corrected chi connectivity index (χ3v) is 5.62. The first-order chi connectivity index (χ1) is 14.0. The summed E-state index contributed by atoms with van der Waals surface area (Å²) in [6, 6.07) is 4.32. The number of hydrogen-bond donors (Lipinski definition) is 1. The number of allylic oxidation sites excluding steroid dienone is 1. The third-order valence-electron chi connectivity index (χ3n) is 4.12. The molecule has 1 amide bonds. The topological polar surface area (TPSA) is 94.7 Å². The molecular weight excluding hydrogens is 419 g/mol. The first kappa shape index (κ1) is 19.3. The summed E-state index contributed by atoms with van der Waals surface area (Å²) in [4.78, 5) is 28.2. The van der Waals surface area contributed by atoms with Crippen LogP contribution in [0.5, 0.6) is 0 Å². The number of halogens is 2. The molecular formula is C18H14ClFN6O2S. The Kier molecular flexibility index (Phi) is 5.45. The number of thioether (sulfide) groups is 1. The van der Waals surface area contributed by atoms with Crippen LogP contribution in [-0.2, 0) is 11.3 Å². The maximum Gasteiger partial charge on any atom is 0.273 e. The zero-order valence-electron chi connectivity index (χ0n) is 14.8. The van der Waals surface area contributed by atoms with Gasteiger partial charge in [-0.15, -0.1) is 28.5 Å². The number of nitrogens with one attached hydrogen (secondary N) is 1. The van der Waals surface area contributed by atoms with Crippen molar-refractivity contribution >= 4 is 29.3 Å². The van der Waals surface area contributed by atoms with Crippen molar-refractivity contribution in [2.45, 2.75) is 17.7 Å².